The summed E-state index contributed by atoms with van der Waals surface area (Å²) in [4.78, 5) is 28.6. The Morgan fingerprint density at radius 2 is 1.85 bits per heavy atom. The van der Waals surface area contributed by atoms with Crippen LogP contribution in [0.25, 0.3) is 10.9 Å². The number of allylic oxidation sites excluding steroid dienone is 4. The van der Waals surface area contributed by atoms with Crippen LogP contribution in [0.4, 0.5) is 0 Å². The van der Waals surface area contributed by atoms with Gasteiger partial charge >= 0.3 is 0 Å². The number of likely N-dealkylation sites (tertiary alicyclic amines) is 1. The minimum absolute atomic E-state index is 0.136. The van der Waals surface area contributed by atoms with Crippen LogP contribution in [0.15, 0.2) is 47.1 Å². The molecule has 34 heavy (non-hydrogen) atoms. The number of rotatable bonds is 8. The van der Waals surface area contributed by atoms with Gasteiger partial charge in [0.1, 0.15) is 0 Å². The molecule has 2 aliphatic rings. The monoisotopic (exact) mass is 461 g/mol. The van der Waals surface area contributed by atoms with E-state index in [1.54, 1.807) is 0 Å². The Bertz CT molecular complexity index is 1150. The molecule has 0 saturated carbocycles. The van der Waals surface area contributed by atoms with Gasteiger partial charge in [-0.1, -0.05) is 29.8 Å². The van der Waals surface area contributed by atoms with Crippen LogP contribution in [-0.2, 0) is 4.79 Å². The molecule has 182 valence electrons. The number of fused-ring (bicyclic) bond motifs is 1. The number of carbonyl (C=O) groups excluding carboxylic acids is 2. The second kappa shape index (κ2) is 10.4. The van der Waals surface area contributed by atoms with Crippen molar-refractivity contribution >= 4 is 22.5 Å². The molecule has 1 fully saturated rings. The van der Waals surface area contributed by atoms with Crippen molar-refractivity contribution in [2.24, 2.45) is 11.7 Å². The average Bonchev–Trinajstić information content (AvgIpc) is 3.10. The second-order valence-corrected chi connectivity index (χ2v) is 10.2. The summed E-state index contributed by atoms with van der Waals surface area (Å²) in [5, 5.41) is 1.04. The van der Waals surface area contributed by atoms with Crippen molar-refractivity contribution in [3.8, 4) is 0 Å². The molecule has 1 aliphatic heterocycles. The average molecular weight is 462 g/mol. The van der Waals surface area contributed by atoms with E-state index in [9.17, 15) is 9.59 Å². The fourth-order valence-corrected chi connectivity index (χ4v) is 6.11. The van der Waals surface area contributed by atoms with E-state index in [0.29, 0.717) is 37.8 Å². The second-order valence-electron chi connectivity index (χ2n) is 10.2. The normalized spacial score (nSPS) is 19.1. The molecule has 0 radical (unpaired) electrons. The van der Waals surface area contributed by atoms with Gasteiger partial charge in [-0.25, -0.2) is 0 Å². The van der Waals surface area contributed by atoms with Crippen LogP contribution in [0.1, 0.15) is 75.0 Å². The van der Waals surface area contributed by atoms with Gasteiger partial charge in [-0.3, -0.25) is 9.59 Å². The van der Waals surface area contributed by atoms with E-state index in [-0.39, 0.29) is 11.6 Å². The number of nitrogens with two attached hydrogens (primary N) is 1. The Balaban J connectivity index is 1.59. The number of nitrogens with zero attached hydrogens (tertiary/aromatic N) is 2. The van der Waals surface area contributed by atoms with Crippen LogP contribution < -0.4 is 5.73 Å². The third kappa shape index (κ3) is 4.82. The highest BCUT2D eigenvalue weighted by Gasteiger charge is 2.29. The topological polar surface area (TPSA) is 68.3 Å². The lowest BCUT2D eigenvalue weighted by Gasteiger charge is -2.36. The van der Waals surface area contributed by atoms with Gasteiger partial charge in [0.25, 0.3) is 0 Å². The standard InChI is InChI=1S/C29H39N3O2/c1-19-17-20(2)24(28(34)18-19)9-10-27(33)29-22(4)32(26-8-6-5-7-25(26)29)21(3)23-11-14-31(15-12-23)16-13-30/h5-8,17,21,23H,9-16,18,30H2,1-4H3/t21-/m0/s1. The number of carbonyl (C=O) groups is 2. The summed E-state index contributed by atoms with van der Waals surface area (Å²) in [6.07, 6.45) is 5.74. The molecule has 1 aliphatic carbocycles. The van der Waals surface area contributed by atoms with Gasteiger partial charge in [-0.05, 0) is 83.2 Å². The van der Waals surface area contributed by atoms with Gasteiger partial charge < -0.3 is 15.2 Å². The van der Waals surface area contributed by atoms with Gasteiger partial charge in [0.05, 0.1) is 0 Å². The maximum absolute atomic E-state index is 13.5. The van der Waals surface area contributed by atoms with Crippen molar-refractivity contribution in [3.63, 3.8) is 0 Å². The molecule has 2 aromatic rings. The number of piperidine rings is 1. The third-order valence-corrected chi connectivity index (χ3v) is 7.92. The number of hydrogen-bond acceptors (Lipinski definition) is 4. The molecule has 1 aromatic heterocycles. The Morgan fingerprint density at radius 1 is 1.15 bits per heavy atom. The molecule has 4 rings (SSSR count). The zero-order valence-corrected chi connectivity index (χ0v) is 21.2. The largest absolute Gasteiger partial charge is 0.341 e. The first kappa shape index (κ1) is 24.6. The van der Waals surface area contributed by atoms with E-state index < -0.39 is 0 Å². The third-order valence-electron chi connectivity index (χ3n) is 7.92. The van der Waals surface area contributed by atoms with Crippen LogP contribution >= 0.6 is 0 Å². The van der Waals surface area contributed by atoms with E-state index >= 15 is 0 Å². The van der Waals surface area contributed by atoms with Crippen LogP contribution in [0.3, 0.4) is 0 Å². The Hall–Kier alpha value is -2.50. The number of hydrogen-bond donors (Lipinski definition) is 1. The molecule has 0 unspecified atom stereocenters. The summed E-state index contributed by atoms with van der Waals surface area (Å²) >= 11 is 0. The van der Waals surface area contributed by atoms with Crippen molar-refractivity contribution < 1.29 is 9.59 Å². The van der Waals surface area contributed by atoms with Crippen LogP contribution in [-0.4, -0.2) is 47.2 Å². The molecule has 0 amide bonds. The summed E-state index contributed by atoms with van der Waals surface area (Å²) < 4.78 is 2.40. The minimum Gasteiger partial charge on any atom is -0.341 e. The Morgan fingerprint density at radius 3 is 2.53 bits per heavy atom. The zero-order chi connectivity index (χ0) is 24.4. The lowest BCUT2D eigenvalue weighted by Crippen LogP contribution is -2.38. The van der Waals surface area contributed by atoms with Crippen molar-refractivity contribution in [2.45, 2.75) is 65.8 Å². The lowest BCUT2D eigenvalue weighted by molar-refractivity contribution is -0.115. The molecule has 1 saturated heterocycles. The number of Topliss-reactive ketones (excluding diaryl/α,β-unsaturated/α-hetero) is 2. The van der Waals surface area contributed by atoms with Crippen molar-refractivity contribution in [3.05, 3.63) is 58.3 Å². The summed E-state index contributed by atoms with van der Waals surface area (Å²) in [5.41, 5.74) is 11.7. The predicted molar refractivity (Wildman–Crippen MR) is 139 cm³/mol. The molecule has 2 heterocycles. The predicted octanol–water partition coefficient (Wildman–Crippen LogP) is 5.38. The summed E-state index contributed by atoms with van der Waals surface area (Å²) in [6.45, 7) is 12.2. The summed E-state index contributed by atoms with van der Waals surface area (Å²) in [5.74, 6) is 0.880. The highest BCUT2D eigenvalue weighted by atomic mass is 16.1. The number of benzene rings is 1. The summed E-state index contributed by atoms with van der Waals surface area (Å²) in [6, 6.07) is 8.62. The highest BCUT2D eigenvalue weighted by Crippen LogP contribution is 2.36. The van der Waals surface area contributed by atoms with E-state index in [2.05, 4.69) is 47.6 Å². The van der Waals surface area contributed by atoms with Crippen molar-refractivity contribution in [2.75, 3.05) is 26.2 Å². The molecular weight excluding hydrogens is 422 g/mol. The lowest BCUT2D eigenvalue weighted by atomic mass is 9.88. The molecule has 0 bridgehead atoms. The fourth-order valence-electron chi connectivity index (χ4n) is 6.11. The Kier molecular flexibility index (Phi) is 7.54. The highest BCUT2D eigenvalue weighted by molar-refractivity contribution is 6.10. The smallest absolute Gasteiger partial charge is 0.165 e. The maximum atomic E-state index is 13.5. The molecule has 5 heteroatoms. The number of ketones is 2. The zero-order valence-electron chi connectivity index (χ0n) is 21.2. The summed E-state index contributed by atoms with van der Waals surface area (Å²) in [7, 11) is 0. The SMILES string of the molecule is CC1=CC(C)=C(CCC(=O)c2c(C)n([C@@H](C)C3CCN(CCN)CC3)c3ccccc23)C(=O)C1. The Labute approximate surface area is 203 Å². The van der Waals surface area contributed by atoms with Gasteiger partial charge in [0.15, 0.2) is 11.6 Å². The van der Waals surface area contributed by atoms with Crippen molar-refractivity contribution in [1.29, 1.82) is 0 Å². The van der Waals surface area contributed by atoms with Crippen LogP contribution in [0.5, 0.6) is 0 Å². The van der Waals surface area contributed by atoms with E-state index in [1.807, 2.05) is 19.9 Å². The van der Waals surface area contributed by atoms with E-state index in [1.165, 1.54) is 0 Å². The molecule has 5 nitrogen and oxygen atoms in total. The van der Waals surface area contributed by atoms with E-state index in [0.717, 1.165) is 71.4 Å². The quantitative estimate of drug-likeness (QED) is 0.536. The molecular formula is C29H39N3O2. The van der Waals surface area contributed by atoms with Crippen LogP contribution in [0.2, 0.25) is 0 Å². The van der Waals surface area contributed by atoms with Gasteiger partial charge in [0.2, 0.25) is 0 Å². The van der Waals surface area contributed by atoms with Crippen LogP contribution in [0, 0.1) is 12.8 Å². The molecule has 1 aromatic carbocycles. The molecule has 1 atom stereocenters. The first-order valence-electron chi connectivity index (χ1n) is 12.8. The minimum atomic E-state index is 0.136. The molecule has 0 spiro atoms. The maximum Gasteiger partial charge on any atom is 0.165 e. The number of para-hydroxylation sites is 1. The van der Waals surface area contributed by atoms with Crippen molar-refractivity contribution in [1.82, 2.24) is 9.47 Å². The van der Waals surface area contributed by atoms with Gasteiger partial charge in [-0.15, -0.1) is 0 Å². The fraction of sp³-hybridized carbons (Fsp3) is 0.517. The van der Waals surface area contributed by atoms with E-state index in [4.69, 9.17) is 5.73 Å². The first-order chi connectivity index (χ1) is 16.3. The molecule has 2 N–H and O–H groups in total. The van der Waals surface area contributed by atoms with Gasteiger partial charge in [0, 0.05) is 54.1 Å². The van der Waals surface area contributed by atoms with Gasteiger partial charge in [-0.2, -0.15) is 0 Å². The first-order valence-corrected chi connectivity index (χ1v) is 12.8. The number of aromatic nitrogens is 1.